The molecule has 0 aliphatic carbocycles. The Morgan fingerprint density at radius 3 is 1.37 bits per heavy atom. The number of anilines is 5. The monoisotopic (exact) mass is 721 g/mol. The predicted octanol–water partition coefficient (Wildman–Crippen LogP) is 15.1. The first-order valence-corrected chi connectivity index (χ1v) is 20.0. The number of hydrogen-bond acceptors (Lipinski definition) is 2. The third-order valence-electron chi connectivity index (χ3n) is 11.5. The molecule has 4 aromatic carbocycles. The number of nitrogens with zero attached hydrogens (tertiary/aromatic N) is 2. The number of allylic oxidation sites excluding steroid dienone is 3. The summed E-state index contributed by atoms with van der Waals surface area (Å²) < 4.78 is 0. The summed E-state index contributed by atoms with van der Waals surface area (Å²) in [7, 11) is 0. The van der Waals surface area contributed by atoms with E-state index in [-0.39, 0.29) is 21.7 Å². The van der Waals surface area contributed by atoms with Gasteiger partial charge in [-0.05, 0) is 143 Å². The summed E-state index contributed by atoms with van der Waals surface area (Å²) in [4.78, 5) is 4.87. The second kappa shape index (κ2) is 16.5. The second-order valence-electron chi connectivity index (χ2n) is 18.7. The molecule has 0 aliphatic heterocycles. The second-order valence-corrected chi connectivity index (χ2v) is 18.7. The van der Waals surface area contributed by atoms with Crippen LogP contribution in [0.4, 0.5) is 28.4 Å². The lowest BCUT2D eigenvalue weighted by atomic mass is 9.82. The highest BCUT2D eigenvalue weighted by atomic mass is 15.2. The van der Waals surface area contributed by atoms with Gasteiger partial charge in [0, 0.05) is 29.3 Å². The average Bonchev–Trinajstić information content (AvgIpc) is 3.11. The van der Waals surface area contributed by atoms with Crippen molar-refractivity contribution in [2.45, 2.75) is 133 Å². The van der Waals surface area contributed by atoms with Crippen molar-refractivity contribution in [2.75, 3.05) is 16.3 Å². The van der Waals surface area contributed by atoms with E-state index in [0.717, 1.165) is 42.0 Å². The fourth-order valence-electron chi connectivity index (χ4n) is 6.95. The van der Waals surface area contributed by atoms with Crippen molar-refractivity contribution >= 4 is 28.4 Å². The summed E-state index contributed by atoms with van der Waals surface area (Å²) in [5, 5.41) is 0. The Bertz CT molecular complexity index is 1950. The van der Waals surface area contributed by atoms with Crippen molar-refractivity contribution in [2.24, 2.45) is 5.41 Å². The summed E-state index contributed by atoms with van der Waals surface area (Å²) >= 11 is 0. The maximum absolute atomic E-state index is 5.78. The molecule has 0 N–H and O–H groups in total. The first kappa shape index (κ1) is 42.3. The lowest BCUT2D eigenvalue weighted by Crippen LogP contribution is -2.21. The van der Waals surface area contributed by atoms with E-state index >= 15 is 0 Å². The van der Waals surface area contributed by atoms with Crippen LogP contribution in [0, 0.1) is 31.6 Å². The van der Waals surface area contributed by atoms with Crippen LogP contribution in [0.1, 0.15) is 131 Å². The lowest BCUT2D eigenvalue weighted by molar-refractivity contribution is 0.506. The number of terminal acetylenes is 1. The molecular weight excluding hydrogens is 653 g/mol. The van der Waals surface area contributed by atoms with Crippen molar-refractivity contribution < 1.29 is 0 Å². The minimum absolute atomic E-state index is 0.0528. The predicted molar refractivity (Wildman–Crippen MR) is 240 cm³/mol. The number of benzene rings is 4. The van der Waals surface area contributed by atoms with Gasteiger partial charge in [0.1, 0.15) is 0 Å². The van der Waals surface area contributed by atoms with Gasteiger partial charge in [-0.15, -0.1) is 6.42 Å². The first-order valence-electron chi connectivity index (χ1n) is 20.0. The number of rotatable bonds is 12. The lowest BCUT2D eigenvalue weighted by Gasteiger charge is -2.32. The highest BCUT2D eigenvalue weighted by molar-refractivity contribution is 5.82. The van der Waals surface area contributed by atoms with Gasteiger partial charge >= 0.3 is 0 Å². The van der Waals surface area contributed by atoms with E-state index in [1.54, 1.807) is 0 Å². The summed E-state index contributed by atoms with van der Waals surface area (Å²) in [6.45, 7) is 34.8. The summed E-state index contributed by atoms with van der Waals surface area (Å²) in [5.74, 6) is 2.77. The van der Waals surface area contributed by atoms with Crippen LogP contribution >= 0.6 is 0 Å². The van der Waals surface area contributed by atoms with Crippen LogP contribution < -0.4 is 9.80 Å². The Morgan fingerprint density at radius 2 is 1.00 bits per heavy atom. The Kier molecular flexibility index (Phi) is 12.9. The molecule has 0 amide bonds. The fraction of sp³-hybridized carbons (Fsp3) is 0.423. The maximum Gasteiger partial charge on any atom is 0.0520 e. The van der Waals surface area contributed by atoms with Gasteiger partial charge in [-0.2, -0.15) is 0 Å². The van der Waals surface area contributed by atoms with Crippen LogP contribution in [0.3, 0.4) is 0 Å². The molecule has 2 heteroatoms. The van der Waals surface area contributed by atoms with E-state index < -0.39 is 0 Å². The van der Waals surface area contributed by atoms with E-state index in [2.05, 4.69) is 211 Å². The third kappa shape index (κ3) is 9.78. The zero-order valence-corrected chi connectivity index (χ0v) is 36.3. The standard InChI is InChI=1S/C52H68N2/c1-17-20-42(49(7,8)9)33-37(4)36-53(44-25-21-40(22-26-44)51(13,14)18-2)45-29-31-47(32-30-45)54(46-27-23-41(24-28-46)52(15,16)19-3)48-38(5)34-43(35-39(48)6)50(10,11)12/h1,20-35H,18-19,36H2,2-16H3/b37-33-,42-20+. The van der Waals surface area contributed by atoms with Crippen molar-refractivity contribution in [1.82, 2.24) is 0 Å². The fourth-order valence-corrected chi connectivity index (χ4v) is 6.95. The van der Waals surface area contributed by atoms with Gasteiger partial charge in [0.15, 0.2) is 0 Å². The summed E-state index contributed by atoms with van der Waals surface area (Å²) in [6.07, 6.45) is 12.1. The van der Waals surface area contributed by atoms with Gasteiger partial charge < -0.3 is 9.80 Å². The van der Waals surface area contributed by atoms with Gasteiger partial charge in [0.2, 0.25) is 0 Å². The van der Waals surface area contributed by atoms with Crippen molar-refractivity contribution in [3.63, 3.8) is 0 Å². The molecule has 0 atom stereocenters. The van der Waals surface area contributed by atoms with Gasteiger partial charge in [0.05, 0.1) is 5.69 Å². The molecule has 0 radical (unpaired) electrons. The maximum atomic E-state index is 5.78. The van der Waals surface area contributed by atoms with E-state index in [4.69, 9.17) is 6.42 Å². The minimum atomic E-state index is -0.0528. The van der Waals surface area contributed by atoms with E-state index in [1.807, 2.05) is 6.08 Å². The average molecular weight is 721 g/mol. The Hall–Kier alpha value is -4.48. The van der Waals surface area contributed by atoms with Crippen molar-refractivity contribution in [1.29, 1.82) is 0 Å². The van der Waals surface area contributed by atoms with Gasteiger partial charge in [-0.1, -0.05) is 137 Å². The quantitative estimate of drug-likeness (QED) is 0.106. The molecule has 2 nitrogen and oxygen atoms in total. The Balaban J connectivity index is 1.87. The molecule has 0 spiro atoms. The molecular formula is C52H68N2. The Labute approximate surface area is 330 Å². The zero-order valence-electron chi connectivity index (χ0n) is 36.3. The number of aryl methyl sites for hydroxylation is 2. The highest BCUT2D eigenvalue weighted by Gasteiger charge is 2.24. The van der Waals surface area contributed by atoms with Gasteiger partial charge in [0.25, 0.3) is 0 Å². The van der Waals surface area contributed by atoms with Crippen LogP contribution in [0.5, 0.6) is 0 Å². The molecule has 0 unspecified atom stereocenters. The SMILES string of the molecule is C#C/C=C(\C=C(\C)CN(c1ccc(N(c2ccc(C(C)(C)CC)cc2)c2c(C)cc(C(C)(C)C)cc2C)cc1)c1ccc(C(C)(C)CC)cc1)C(C)(C)C. The topological polar surface area (TPSA) is 6.48 Å². The van der Waals surface area contributed by atoms with Crippen molar-refractivity contribution in [3.05, 3.63) is 136 Å². The molecule has 0 fully saturated rings. The molecule has 0 heterocycles. The summed E-state index contributed by atoms with van der Waals surface area (Å²) in [6, 6.07) is 32.3. The van der Waals surface area contributed by atoms with Crippen LogP contribution in [-0.2, 0) is 16.2 Å². The first-order chi connectivity index (χ1) is 25.1. The highest BCUT2D eigenvalue weighted by Crippen LogP contribution is 2.43. The molecule has 4 aromatic rings. The molecule has 286 valence electrons. The van der Waals surface area contributed by atoms with E-state index in [1.165, 1.54) is 44.8 Å². The third-order valence-corrected chi connectivity index (χ3v) is 11.5. The molecule has 4 rings (SSSR count). The van der Waals surface area contributed by atoms with Gasteiger partial charge in [-0.25, -0.2) is 0 Å². The molecule has 0 bridgehead atoms. The van der Waals surface area contributed by atoms with Crippen LogP contribution in [-0.4, -0.2) is 6.54 Å². The van der Waals surface area contributed by atoms with Crippen LogP contribution in [0.2, 0.25) is 0 Å². The van der Waals surface area contributed by atoms with Crippen molar-refractivity contribution in [3.8, 4) is 12.3 Å². The minimum Gasteiger partial charge on any atom is -0.337 e. The smallest absolute Gasteiger partial charge is 0.0520 e. The molecule has 0 aliphatic rings. The largest absolute Gasteiger partial charge is 0.337 e. The molecule has 0 aromatic heterocycles. The van der Waals surface area contributed by atoms with Gasteiger partial charge in [-0.3, -0.25) is 0 Å². The van der Waals surface area contributed by atoms with E-state index in [9.17, 15) is 0 Å². The van der Waals surface area contributed by atoms with Crippen LogP contribution in [0.25, 0.3) is 0 Å². The van der Waals surface area contributed by atoms with E-state index in [0.29, 0.717) is 0 Å². The number of hydrogen-bond donors (Lipinski definition) is 0. The molecule has 0 saturated carbocycles. The zero-order chi connectivity index (χ0) is 40.2. The molecule has 54 heavy (non-hydrogen) atoms. The Morgan fingerprint density at radius 1 is 0.611 bits per heavy atom. The normalized spacial score (nSPS) is 13.1. The summed E-state index contributed by atoms with van der Waals surface area (Å²) in [5.41, 5.74) is 15.1. The molecule has 0 saturated heterocycles. The van der Waals surface area contributed by atoms with Crippen LogP contribution in [0.15, 0.2) is 108 Å².